The minimum atomic E-state index is -0.0136. The standard InChI is InChI=1S/C13H17BrO3/c14-11-4-5-13(10(7-11)8-15)17-9-12-3-1-2-6-16-12/h4-5,7,12,15H,1-3,6,8-9H2. The van der Waals surface area contributed by atoms with Gasteiger partial charge in [-0.25, -0.2) is 0 Å². The van der Waals surface area contributed by atoms with Crippen LogP contribution in [-0.2, 0) is 11.3 Å². The molecule has 1 aromatic rings. The van der Waals surface area contributed by atoms with E-state index in [2.05, 4.69) is 15.9 Å². The molecule has 1 aromatic carbocycles. The summed E-state index contributed by atoms with van der Waals surface area (Å²) in [4.78, 5) is 0. The topological polar surface area (TPSA) is 38.7 Å². The Morgan fingerprint density at radius 2 is 2.29 bits per heavy atom. The van der Waals surface area contributed by atoms with Crippen LogP contribution in [0.1, 0.15) is 24.8 Å². The van der Waals surface area contributed by atoms with Crippen LogP contribution in [0.25, 0.3) is 0 Å². The van der Waals surface area contributed by atoms with E-state index < -0.39 is 0 Å². The molecule has 0 aromatic heterocycles. The van der Waals surface area contributed by atoms with Crippen molar-refractivity contribution in [1.29, 1.82) is 0 Å². The molecule has 1 atom stereocenters. The van der Waals surface area contributed by atoms with Crippen LogP contribution in [0.2, 0.25) is 0 Å². The van der Waals surface area contributed by atoms with Crippen molar-refractivity contribution in [3.8, 4) is 5.75 Å². The van der Waals surface area contributed by atoms with Crippen molar-refractivity contribution in [2.45, 2.75) is 32.0 Å². The average Bonchev–Trinajstić information content (AvgIpc) is 2.38. The van der Waals surface area contributed by atoms with Gasteiger partial charge in [-0.1, -0.05) is 15.9 Å². The first-order chi connectivity index (χ1) is 8.29. The van der Waals surface area contributed by atoms with Gasteiger partial charge in [0.15, 0.2) is 0 Å². The lowest BCUT2D eigenvalue weighted by atomic mass is 10.1. The molecule has 1 fully saturated rings. The van der Waals surface area contributed by atoms with Crippen molar-refractivity contribution in [1.82, 2.24) is 0 Å². The highest BCUT2D eigenvalue weighted by Crippen LogP contribution is 2.24. The number of rotatable bonds is 4. The lowest BCUT2D eigenvalue weighted by molar-refractivity contribution is -0.0114. The van der Waals surface area contributed by atoms with Gasteiger partial charge in [-0.15, -0.1) is 0 Å². The van der Waals surface area contributed by atoms with E-state index in [-0.39, 0.29) is 12.7 Å². The first-order valence-corrected chi connectivity index (χ1v) is 6.72. The third kappa shape index (κ3) is 3.69. The molecule has 0 radical (unpaired) electrons. The molecule has 1 heterocycles. The minimum Gasteiger partial charge on any atom is -0.491 e. The van der Waals surface area contributed by atoms with Crippen LogP contribution in [0.15, 0.2) is 22.7 Å². The molecule has 94 valence electrons. The predicted octanol–water partition coefficient (Wildman–Crippen LogP) is 2.89. The Bertz CT molecular complexity index is 362. The molecule has 1 aliphatic rings. The van der Waals surface area contributed by atoms with E-state index in [0.29, 0.717) is 6.61 Å². The molecule has 17 heavy (non-hydrogen) atoms. The zero-order chi connectivity index (χ0) is 12.1. The maximum Gasteiger partial charge on any atom is 0.125 e. The number of aliphatic hydroxyl groups is 1. The number of hydrogen-bond donors (Lipinski definition) is 1. The molecule has 0 bridgehead atoms. The van der Waals surface area contributed by atoms with Crippen LogP contribution in [-0.4, -0.2) is 24.4 Å². The van der Waals surface area contributed by atoms with Gasteiger partial charge in [0.1, 0.15) is 12.4 Å². The maximum absolute atomic E-state index is 9.25. The summed E-state index contributed by atoms with van der Waals surface area (Å²) in [6.45, 7) is 1.39. The molecule has 1 unspecified atom stereocenters. The molecule has 1 saturated heterocycles. The molecular formula is C13H17BrO3. The molecule has 2 rings (SSSR count). The van der Waals surface area contributed by atoms with Crippen molar-refractivity contribution in [3.05, 3.63) is 28.2 Å². The second-order valence-electron chi connectivity index (χ2n) is 4.21. The van der Waals surface area contributed by atoms with E-state index in [1.807, 2.05) is 18.2 Å². The fraction of sp³-hybridized carbons (Fsp3) is 0.538. The predicted molar refractivity (Wildman–Crippen MR) is 69.2 cm³/mol. The maximum atomic E-state index is 9.25. The normalized spacial score (nSPS) is 20.2. The monoisotopic (exact) mass is 300 g/mol. The average molecular weight is 301 g/mol. The van der Waals surface area contributed by atoms with Gasteiger partial charge in [0.05, 0.1) is 12.7 Å². The number of hydrogen-bond acceptors (Lipinski definition) is 3. The summed E-state index contributed by atoms with van der Waals surface area (Å²) < 4.78 is 12.3. The highest BCUT2D eigenvalue weighted by Gasteiger charge is 2.15. The van der Waals surface area contributed by atoms with Gasteiger partial charge in [0, 0.05) is 16.6 Å². The number of benzene rings is 1. The Morgan fingerprint density at radius 1 is 1.41 bits per heavy atom. The van der Waals surface area contributed by atoms with Gasteiger partial charge in [-0.3, -0.25) is 0 Å². The highest BCUT2D eigenvalue weighted by atomic mass is 79.9. The molecule has 0 spiro atoms. The number of ether oxygens (including phenoxy) is 2. The molecule has 4 heteroatoms. The van der Waals surface area contributed by atoms with Crippen molar-refractivity contribution in [2.75, 3.05) is 13.2 Å². The van der Waals surface area contributed by atoms with Crippen molar-refractivity contribution < 1.29 is 14.6 Å². The Balaban J connectivity index is 1.93. The van der Waals surface area contributed by atoms with Crippen molar-refractivity contribution in [2.24, 2.45) is 0 Å². The molecule has 0 aliphatic carbocycles. The van der Waals surface area contributed by atoms with Crippen LogP contribution in [0.5, 0.6) is 5.75 Å². The smallest absolute Gasteiger partial charge is 0.125 e. The molecule has 1 aliphatic heterocycles. The molecule has 0 saturated carbocycles. The van der Waals surface area contributed by atoms with Gasteiger partial charge >= 0.3 is 0 Å². The molecule has 0 amide bonds. The van der Waals surface area contributed by atoms with E-state index in [1.165, 1.54) is 6.42 Å². The van der Waals surface area contributed by atoms with Crippen LogP contribution >= 0.6 is 15.9 Å². The van der Waals surface area contributed by atoms with Crippen molar-refractivity contribution in [3.63, 3.8) is 0 Å². The van der Waals surface area contributed by atoms with Gasteiger partial charge in [0.25, 0.3) is 0 Å². The fourth-order valence-corrected chi connectivity index (χ4v) is 2.34. The Hall–Kier alpha value is -0.580. The zero-order valence-electron chi connectivity index (χ0n) is 9.69. The van der Waals surface area contributed by atoms with E-state index in [4.69, 9.17) is 9.47 Å². The van der Waals surface area contributed by atoms with Gasteiger partial charge in [-0.2, -0.15) is 0 Å². The summed E-state index contributed by atoms with van der Waals surface area (Å²) in [5, 5.41) is 9.25. The third-order valence-electron chi connectivity index (χ3n) is 2.89. The lowest BCUT2D eigenvalue weighted by Crippen LogP contribution is -2.26. The van der Waals surface area contributed by atoms with E-state index in [9.17, 15) is 5.11 Å². The summed E-state index contributed by atoms with van der Waals surface area (Å²) in [6, 6.07) is 5.66. The van der Waals surface area contributed by atoms with Crippen LogP contribution in [0, 0.1) is 0 Å². The number of halogens is 1. The summed E-state index contributed by atoms with van der Waals surface area (Å²) in [5.74, 6) is 0.741. The van der Waals surface area contributed by atoms with E-state index in [0.717, 1.165) is 35.2 Å². The lowest BCUT2D eigenvalue weighted by Gasteiger charge is -2.23. The summed E-state index contributed by atoms with van der Waals surface area (Å²) in [7, 11) is 0. The summed E-state index contributed by atoms with van der Waals surface area (Å²) >= 11 is 3.37. The van der Waals surface area contributed by atoms with Crippen molar-refractivity contribution >= 4 is 15.9 Å². The highest BCUT2D eigenvalue weighted by molar-refractivity contribution is 9.10. The second kappa shape index (κ2) is 6.38. The molecule has 1 N–H and O–H groups in total. The third-order valence-corrected chi connectivity index (χ3v) is 3.38. The first-order valence-electron chi connectivity index (χ1n) is 5.93. The molecular weight excluding hydrogens is 284 g/mol. The summed E-state index contributed by atoms with van der Waals surface area (Å²) in [6.07, 6.45) is 3.61. The summed E-state index contributed by atoms with van der Waals surface area (Å²) in [5.41, 5.74) is 0.801. The Morgan fingerprint density at radius 3 is 3.00 bits per heavy atom. The quantitative estimate of drug-likeness (QED) is 0.929. The van der Waals surface area contributed by atoms with Gasteiger partial charge in [-0.05, 0) is 37.5 Å². The Kier molecular flexibility index (Phi) is 4.83. The first kappa shape index (κ1) is 12.9. The van der Waals surface area contributed by atoms with Crippen LogP contribution in [0.4, 0.5) is 0 Å². The largest absolute Gasteiger partial charge is 0.491 e. The van der Waals surface area contributed by atoms with Gasteiger partial charge in [0.2, 0.25) is 0 Å². The second-order valence-corrected chi connectivity index (χ2v) is 5.13. The number of aliphatic hydroxyl groups excluding tert-OH is 1. The van der Waals surface area contributed by atoms with E-state index in [1.54, 1.807) is 0 Å². The fourth-order valence-electron chi connectivity index (χ4n) is 1.93. The van der Waals surface area contributed by atoms with E-state index >= 15 is 0 Å². The minimum absolute atomic E-state index is 0.0136. The van der Waals surface area contributed by atoms with Crippen LogP contribution < -0.4 is 4.74 Å². The van der Waals surface area contributed by atoms with Crippen LogP contribution in [0.3, 0.4) is 0 Å². The Labute approximate surface area is 110 Å². The SMILES string of the molecule is OCc1cc(Br)ccc1OCC1CCCCO1. The van der Waals surface area contributed by atoms with Gasteiger partial charge < -0.3 is 14.6 Å². The molecule has 3 nitrogen and oxygen atoms in total. The zero-order valence-corrected chi connectivity index (χ0v) is 11.3.